The summed E-state index contributed by atoms with van der Waals surface area (Å²) in [4.78, 5) is 2.19. The topological polar surface area (TPSA) is 70.5 Å². The van der Waals surface area contributed by atoms with Gasteiger partial charge in [0.25, 0.3) is 10.2 Å². The summed E-state index contributed by atoms with van der Waals surface area (Å²) < 4.78 is 30.7. The molecule has 0 aromatic carbocycles. The van der Waals surface area contributed by atoms with Crippen LogP contribution in [0.15, 0.2) is 12.4 Å². The first kappa shape index (κ1) is 17.2. The molecule has 0 radical (unpaired) electrons. The summed E-state index contributed by atoms with van der Waals surface area (Å²) in [5.41, 5.74) is 1.05. The van der Waals surface area contributed by atoms with Gasteiger partial charge in [0.05, 0.1) is 11.9 Å². The highest BCUT2D eigenvalue weighted by atomic mass is 32.2. The lowest BCUT2D eigenvalue weighted by molar-refractivity contribution is 0.418. The molecule has 0 bridgehead atoms. The Bertz CT molecular complexity index is 572. The highest BCUT2D eigenvalue weighted by Crippen LogP contribution is 2.19. The van der Waals surface area contributed by atoms with E-state index in [1.807, 2.05) is 19.4 Å². The highest BCUT2D eigenvalue weighted by Gasteiger charge is 2.26. The van der Waals surface area contributed by atoms with E-state index in [-0.39, 0.29) is 6.04 Å². The lowest BCUT2D eigenvalue weighted by Crippen LogP contribution is -2.51. The normalized spacial score (nSPS) is 19.8. The average Bonchev–Trinajstić information content (AvgIpc) is 2.91. The SMILES string of the molecule is CCCCN(C)S(=O)(=O)N[C@@H]1CCCN(c2cnn(C)c2)C1. The lowest BCUT2D eigenvalue weighted by atomic mass is 10.1. The minimum Gasteiger partial charge on any atom is -0.367 e. The van der Waals surface area contributed by atoms with Crippen molar-refractivity contribution < 1.29 is 8.42 Å². The van der Waals surface area contributed by atoms with Crippen LogP contribution in [0.1, 0.15) is 32.6 Å². The fourth-order valence-corrected chi connectivity index (χ4v) is 3.84. The first-order valence-corrected chi connectivity index (χ1v) is 9.33. The van der Waals surface area contributed by atoms with Crippen LogP contribution in [0.2, 0.25) is 0 Å². The van der Waals surface area contributed by atoms with Crippen LogP contribution in [-0.2, 0) is 17.3 Å². The second-order valence-corrected chi connectivity index (χ2v) is 7.76. The first-order valence-electron chi connectivity index (χ1n) is 7.89. The van der Waals surface area contributed by atoms with Gasteiger partial charge in [-0.1, -0.05) is 13.3 Å². The molecule has 2 rings (SSSR count). The summed E-state index contributed by atoms with van der Waals surface area (Å²) in [6.45, 7) is 4.24. The van der Waals surface area contributed by atoms with Crippen molar-refractivity contribution in [2.75, 3.05) is 31.6 Å². The van der Waals surface area contributed by atoms with Crippen molar-refractivity contribution in [3.8, 4) is 0 Å². The van der Waals surface area contributed by atoms with Gasteiger partial charge in [-0.05, 0) is 19.3 Å². The van der Waals surface area contributed by atoms with E-state index >= 15 is 0 Å². The van der Waals surface area contributed by atoms with Crippen molar-refractivity contribution in [3.63, 3.8) is 0 Å². The van der Waals surface area contributed by atoms with Crippen LogP contribution < -0.4 is 9.62 Å². The molecule has 0 aliphatic carbocycles. The van der Waals surface area contributed by atoms with Crippen LogP contribution in [0.25, 0.3) is 0 Å². The summed E-state index contributed by atoms with van der Waals surface area (Å²) in [6.07, 6.45) is 7.49. The van der Waals surface area contributed by atoms with Crippen LogP contribution >= 0.6 is 0 Å². The Morgan fingerprint density at radius 2 is 2.27 bits per heavy atom. The van der Waals surface area contributed by atoms with Gasteiger partial charge in [0.1, 0.15) is 0 Å². The van der Waals surface area contributed by atoms with Gasteiger partial charge in [-0.15, -0.1) is 0 Å². The van der Waals surface area contributed by atoms with E-state index in [9.17, 15) is 8.42 Å². The number of piperidine rings is 1. The number of unbranched alkanes of at least 4 members (excludes halogenated alkanes) is 1. The predicted molar refractivity (Wildman–Crippen MR) is 88.0 cm³/mol. The zero-order chi connectivity index (χ0) is 16.2. The van der Waals surface area contributed by atoms with Crippen LogP contribution in [0, 0.1) is 0 Å². The van der Waals surface area contributed by atoms with Gasteiger partial charge in [-0.2, -0.15) is 22.5 Å². The van der Waals surface area contributed by atoms with Crippen molar-refractivity contribution in [1.82, 2.24) is 18.8 Å². The molecule has 0 amide bonds. The van der Waals surface area contributed by atoms with Gasteiger partial charge in [0.15, 0.2) is 0 Å². The number of nitrogens with one attached hydrogen (secondary N) is 1. The van der Waals surface area contributed by atoms with E-state index in [1.54, 1.807) is 11.7 Å². The third-order valence-electron chi connectivity index (χ3n) is 4.03. The maximum Gasteiger partial charge on any atom is 0.279 e. The predicted octanol–water partition coefficient (Wildman–Crippen LogP) is 0.955. The Kier molecular flexibility index (Phi) is 5.82. The zero-order valence-corrected chi connectivity index (χ0v) is 14.5. The Labute approximate surface area is 133 Å². The van der Waals surface area contributed by atoms with Crippen LogP contribution in [0.3, 0.4) is 0 Å². The number of aryl methyl sites for hydroxylation is 1. The van der Waals surface area contributed by atoms with Gasteiger partial charge in [0, 0.05) is 46.0 Å². The second kappa shape index (κ2) is 7.43. The summed E-state index contributed by atoms with van der Waals surface area (Å²) in [6, 6.07) is -0.0527. The Hall–Kier alpha value is -1.12. The fraction of sp³-hybridized carbons (Fsp3) is 0.786. The van der Waals surface area contributed by atoms with Gasteiger partial charge >= 0.3 is 0 Å². The van der Waals surface area contributed by atoms with Gasteiger partial charge in [-0.3, -0.25) is 4.68 Å². The monoisotopic (exact) mass is 329 g/mol. The van der Waals surface area contributed by atoms with Crippen molar-refractivity contribution in [3.05, 3.63) is 12.4 Å². The molecule has 1 N–H and O–H groups in total. The molecule has 1 saturated heterocycles. The summed E-state index contributed by atoms with van der Waals surface area (Å²) in [5, 5.41) is 4.18. The minimum atomic E-state index is -3.40. The largest absolute Gasteiger partial charge is 0.367 e. The van der Waals surface area contributed by atoms with Crippen LogP contribution in [0.4, 0.5) is 5.69 Å². The number of hydrogen-bond acceptors (Lipinski definition) is 4. The second-order valence-electron chi connectivity index (χ2n) is 5.96. The molecule has 1 aliphatic rings. The van der Waals surface area contributed by atoms with E-state index in [2.05, 4.69) is 21.6 Å². The molecule has 22 heavy (non-hydrogen) atoms. The molecule has 1 aromatic heterocycles. The molecule has 1 aromatic rings. The van der Waals surface area contributed by atoms with Crippen molar-refractivity contribution in [1.29, 1.82) is 0 Å². The quantitative estimate of drug-likeness (QED) is 0.809. The molecule has 0 unspecified atom stereocenters. The number of rotatable bonds is 7. The van der Waals surface area contributed by atoms with Crippen LogP contribution in [0.5, 0.6) is 0 Å². The van der Waals surface area contributed by atoms with E-state index in [1.165, 1.54) is 4.31 Å². The van der Waals surface area contributed by atoms with Gasteiger partial charge < -0.3 is 4.90 Å². The van der Waals surface area contributed by atoms with Crippen molar-refractivity contribution >= 4 is 15.9 Å². The molecule has 2 heterocycles. The molecule has 0 saturated carbocycles. The molecule has 126 valence electrons. The Morgan fingerprint density at radius 1 is 1.50 bits per heavy atom. The number of nitrogens with zero attached hydrogens (tertiary/aromatic N) is 4. The summed E-state index contributed by atoms with van der Waals surface area (Å²) in [7, 11) is 0.127. The molecule has 7 nitrogen and oxygen atoms in total. The standard InChI is InChI=1S/C14H27N5O2S/c1-4-5-8-18(3)22(20,21)16-13-7-6-9-19(11-13)14-10-15-17(2)12-14/h10,12-13,16H,4-9,11H2,1-3H3/t13-/m1/s1. The molecular formula is C14H27N5O2S. The summed E-state index contributed by atoms with van der Waals surface area (Å²) in [5.74, 6) is 0. The molecular weight excluding hydrogens is 302 g/mol. The number of aromatic nitrogens is 2. The van der Waals surface area contributed by atoms with E-state index < -0.39 is 10.2 Å². The Balaban J connectivity index is 1.95. The minimum absolute atomic E-state index is 0.0527. The molecule has 8 heteroatoms. The fourth-order valence-electron chi connectivity index (χ4n) is 2.68. The number of anilines is 1. The molecule has 1 aliphatic heterocycles. The first-order chi connectivity index (χ1) is 10.4. The summed E-state index contributed by atoms with van der Waals surface area (Å²) >= 11 is 0. The number of hydrogen-bond donors (Lipinski definition) is 1. The van der Waals surface area contributed by atoms with Gasteiger partial charge in [0.2, 0.25) is 0 Å². The highest BCUT2D eigenvalue weighted by molar-refractivity contribution is 7.87. The zero-order valence-electron chi connectivity index (χ0n) is 13.7. The third-order valence-corrected chi connectivity index (χ3v) is 5.66. The van der Waals surface area contributed by atoms with Crippen molar-refractivity contribution in [2.24, 2.45) is 7.05 Å². The Morgan fingerprint density at radius 3 is 2.91 bits per heavy atom. The lowest BCUT2D eigenvalue weighted by Gasteiger charge is -2.34. The molecule has 0 spiro atoms. The molecule has 1 atom stereocenters. The third kappa shape index (κ3) is 4.44. The van der Waals surface area contributed by atoms with E-state index in [0.717, 1.165) is 37.9 Å². The maximum atomic E-state index is 12.3. The van der Waals surface area contributed by atoms with E-state index in [4.69, 9.17) is 0 Å². The van der Waals surface area contributed by atoms with E-state index in [0.29, 0.717) is 13.1 Å². The van der Waals surface area contributed by atoms with Crippen molar-refractivity contribution in [2.45, 2.75) is 38.6 Å². The molecule has 1 fully saturated rings. The smallest absolute Gasteiger partial charge is 0.279 e. The van der Waals surface area contributed by atoms with Crippen LogP contribution in [-0.4, -0.2) is 55.2 Å². The maximum absolute atomic E-state index is 12.3. The average molecular weight is 329 g/mol. The van der Waals surface area contributed by atoms with Gasteiger partial charge in [-0.25, -0.2) is 0 Å².